The third-order valence-electron chi connectivity index (χ3n) is 8.30. The standard InChI is InChI=1S/C33H35ClFNOS/c1-21-7-9-22(10-8-21)25(20-30(37)33-32(34)28-5-3-4-6-31(28)38-33)11-12-26-19-24(15-18-29(26)35)23-13-16-27(36-2)17-14-23/h3-6,13-19,21-22,25,36H,7-12,20H2,1-2H3. The van der Waals surface area contributed by atoms with Crippen LogP contribution in [0.25, 0.3) is 21.2 Å². The number of carbonyl (C=O) groups excluding carboxylic acids is 1. The molecular formula is C33H35ClFNOS. The molecule has 5 rings (SSSR count). The second-order valence-corrected chi connectivity index (χ2v) is 12.3. The van der Waals surface area contributed by atoms with Gasteiger partial charge < -0.3 is 5.32 Å². The van der Waals surface area contributed by atoms with E-state index in [0.717, 1.165) is 57.6 Å². The van der Waals surface area contributed by atoms with Gasteiger partial charge in [0.25, 0.3) is 0 Å². The highest BCUT2D eigenvalue weighted by Crippen LogP contribution is 2.40. The summed E-state index contributed by atoms with van der Waals surface area (Å²) < 4.78 is 16.0. The molecule has 0 spiro atoms. The number of anilines is 1. The van der Waals surface area contributed by atoms with E-state index in [4.69, 9.17) is 11.6 Å². The molecule has 4 aromatic rings. The third-order valence-corrected chi connectivity index (χ3v) is 10.0. The minimum atomic E-state index is -0.171. The molecule has 2 nitrogen and oxygen atoms in total. The van der Waals surface area contributed by atoms with E-state index in [1.54, 1.807) is 6.07 Å². The predicted molar refractivity (Wildman–Crippen MR) is 160 cm³/mol. The number of hydrogen-bond donors (Lipinski definition) is 1. The molecule has 1 fully saturated rings. The molecule has 0 bridgehead atoms. The van der Waals surface area contributed by atoms with E-state index in [1.165, 1.54) is 24.2 Å². The van der Waals surface area contributed by atoms with E-state index in [0.29, 0.717) is 28.7 Å². The van der Waals surface area contributed by atoms with Gasteiger partial charge in [-0.05, 0) is 90.5 Å². The lowest BCUT2D eigenvalue weighted by Gasteiger charge is -2.32. The van der Waals surface area contributed by atoms with Crippen LogP contribution in [0.15, 0.2) is 66.7 Å². The summed E-state index contributed by atoms with van der Waals surface area (Å²) in [7, 11) is 1.90. The first-order valence-corrected chi connectivity index (χ1v) is 14.9. The van der Waals surface area contributed by atoms with Crippen LogP contribution in [0.5, 0.6) is 0 Å². The van der Waals surface area contributed by atoms with Crippen molar-refractivity contribution in [3.8, 4) is 11.1 Å². The number of ketones is 1. The van der Waals surface area contributed by atoms with E-state index in [-0.39, 0.29) is 17.5 Å². The van der Waals surface area contributed by atoms with E-state index >= 15 is 0 Å². The molecule has 1 aromatic heterocycles. The number of aryl methyl sites for hydroxylation is 1. The van der Waals surface area contributed by atoms with Gasteiger partial charge in [-0.15, -0.1) is 11.3 Å². The minimum absolute atomic E-state index is 0.124. The number of Topliss-reactive ketones (excluding diaryl/α,β-unsaturated/α-hetero) is 1. The molecular weight excluding hydrogens is 513 g/mol. The van der Waals surface area contributed by atoms with Crippen LogP contribution in [0.4, 0.5) is 10.1 Å². The Hall–Kier alpha value is -2.69. The molecule has 38 heavy (non-hydrogen) atoms. The predicted octanol–water partition coefficient (Wildman–Crippen LogP) is 10.1. The fourth-order valence-corrected chi connectivity index (χ4v) is 7.39. The number of hydrogen-bond acceptors (Lipinski definition) is 3. The third kappa shape index (κ3) is 5.97. The van der Waals surface area contributed by atoms with Crippen LogP contribution in [-0.4, -0.2) is 12.8 Å². The second-order valence-electron chi connectivity index (χ2n) is 10.8. The van der Waals surface area contributed by atoms with Gasteiger partial charge in [0.05, 0.1) is 9.90 Å². The number of fused-ring (bicyclic) bond motifs is 1. The first-order chi connectivity index (χ1) is 18.4. The highest BCUT2D eigenvalue weighted by atomic mass is 35.5. The van der Waals surface area contributed by atoms with Crippen LogP contribution in [0.2, 0.25) is 5.02 Å². The smallest absolute Gasteiger partial charge is 0.174 e. The van der Waals surface area contributed by atoms with Crippen LogP contribution in [0, 0.1) is 23.6 Å². The van der Waals surface area contributed by atoms with Crippen molar-refractivity contribution in [2.75, 3.05) is 12.4 Å². The molecule has 0 radical (unpaired) electrons. The van der Waals surface area contributed by atoms with Gasteiger partial charge in [0.15, 0.2) is 5.78 Å². The molecule has 1 aliphatic carbocycles. The van der Waals surface area contributed by atoms with Crippen molar-refractivity contribution < 1.29 is 9.18 Å². The van der Waals surface area contributed by atoms with E-state index < -0.39 is 0 Å². The number of thiophene rings is 1. The Morgan fingerprint density at radius 1 is 1.03 bits per heavy atom. The Morgan fingerprint density at radius 2 is 1.74 bits per heavy atom. The van der Waals surface area contributed by atoms with Gasteiger partial charge in [-0.1, -0.05) is 67.8 Å². The number of rotatable bonds is 9. The summed E-state index contributed by atoms with van der Waals surface area (Å²) in [5.74, 6) is 1.40. The molecule has 5 heteroatoms. The summed E-state index contributed by atoms with van der Waals surface area (Å²) in [6, 6.07) is 21.5. The van der Waals surface area contributed by atoms with Gasteiger partial charge in [-0.2, -0.15) is 0 Å². The zero-order valence-electron chi connectivity index (χ0n) is 22.1. The van der Waals surface area contributed by atoms with E-state index in [2.05, 4.69) is 24.4 Å². The number of carbonyl (C=O) groups is 1. The molecule has 1 unspecified atom stereocenters. The van der Waals surface area contributed by atoms with Gasteiger partial charge in [0.2, 0.25) is 0 Å². The average Bonchev–Trinajstić information content (AvgIpc) is 3.29. The maximum Gasteiger partial charge on any atom is 0.174 e. The molecule has 1 heterocycles. The SMILES string of the molecule is CNc1ccc(-c2ccc(F)c(CCC(CC(=O)c3sc4ccccc4c3Cl)C3CCC(C)CC3)c2)cc1. The zero-order chi connectivity index (χ0) is 26.6. The van der Waals surface area contributed by atoms with Gasteiger partial charge in [0, 0.05) is 29.2 Å². The summed E-state index contributed by atoms with van der Waals surface area (Å²) in [4.78, 5) is 14.2. The molecule has 1 N–H and O–H groups in total. The first-order valence-electron chi connectivity index (χ1n) is 13.7. The lowest BCUT2D eigenvalue weighted by Crippen LogP contribution is -2.24. The summed E-state index contributed by atoms with van der Waals surface area (Å²) in [5, 5.41) is 4.67. The summed E-state index contributed by atoms with van der Waals surface area (Å²) in [6.07, 6.45) is 6.57. The molecule has 3 aromatic carbocycles. The van der Waals surface area contributed by atoms with Crippen LogP contribution in [0.1, 0.15) is 60.7 Å². The average molecular weight is 548 g/mol. The molecule has 0 aliphatic heterocycles. The summed E-state index contributed by atoms with van der Waals surface area (Å²) >= 11 is 8.16. The fraction of sp³-hybridized carbons (Fsp3) is 0.364. The van der Waals surface area contributed by atoms with Crippen molar-refractivity contribution in [1.29, 1.82) is 0 Å². The Labute approximate surface area is 234 Å². The van der Waals surface area contributed by atoms with Crippen LogP contribution in [0.3, 0.4) is 0 Å². The van der Waals surface area contributed by atoms with Crippen LogP contribution >= 0.6 is 22.9 Å². The summed E-state index contributed by atoms with van der Waals surface area (Å²) in [5.41, 5.74) is 3.85. The monoisotopic (exact) mass is 547 g/mol. The Bertz CT molecular complexity index is 1400. The lowest BCUT2D eigenvalue weighted by molar-refractivity contribution is 0.0923. The number of nitrogens with one attached hydrogen (secondary N) is 1. The Kier molecular flexibility index (Phi) is 8.50. The maximum absolute atomic E-state index is 15.0. The zero-order valence-corrected chi connectivity index (χ0v) is 23.7. The Morgan fingerprint density at radius 3 is 2.45 bits per heavy atom. The highest BCUT2D eigenvalue weighted by molar-refractivity contribution is 7.21. The van der Waals surface area contributed by atoms with Crippen molar-refractivity contribution in [2.45, 2.75) is 51.9 Å². The van der Waals surface area contributed by atoms with E-state index in [1.807, 2.05) is 55.6 Å². The molecule has 198 valence electrons. The van der Waals surface area contributed by atoms with Crippen LogP contribution < -0.4 is 5.32 Å². The second kappa shape index (κ2) is 12.0. The Balaban J connectivity index is 1.35. The maximum atomic E-state index is 15.0. The minimum Gasteiger partial charge on any atom is -0.388 e. The highest BCUT2D eigenvalue weighted by Gasteiger charge is 2.29. The van der Waals surface area contributed by atoms with Crippen molar-refractivity contribution in [1.82, 2.24) is 0 Å². The summed E-state index contributed by atoms with van der Waals surface area (Å²) in [6.45, 7) is 2.32. The quantitative estimate of drug-likeness (QED) is 0.211. The molecule has 1 aliphatic rings. The molecule has 0 amide bonds. The first kappa shape index (κ1) is 26.9. The molecule has 1 saturated carbocycles. The molecule has 1 atom stereocenters. The van der Waals surface area contributed by atoms with Crippen molar-refractivity contribution in [2.24, 2.45) is 17.8 Å². The van der Waals surface area contributed by atoms with Gasteiger partial charge in [-0.25, -0.2) is 4.39 Å². The van der Waals surface area contributed by atoms with Crippen molar-refractivity contribution in [3.63, 3.8) is 0 Å². The van der Waals surface area contributed by atoms with Gasteiger partial charge in [0.1, 0.15) is 5.82 Å². The van der Waals surface area contributed by atoms with Crippen molar-refractivity contribution in [3.05, 3.63) is 88.0 Å². The van der Waals surface area contributed by atoms with Gasteiger partial charge >= 0.3 is 0 Å². The largest absolute Gasteiger partial charge is 0.388 e. The topological polar surface area (TPSA) is 29.1 Å². The fourth-order valence-electron chi connectivity index (χ4n) is 5.90. The normalized spacial score (nSPS) is 18.4. The van der Waals surface area contributed by atoms with Gasteiger partial charge in [-0.3, -0.25) is 4.79 Å². The number of benzene rings is 3. The number of halogens is 2. The van der Waals surface area contributed by atoms with Crippen molar-refractivity contribution >= 4 is 44.5 Å². The van der Waals surface area contributed by atoms with Crippen LogP contribution in [-0.2, 0) is 6.42 Å². The van der Waals surface area contributed by atoms with E-state index in [9.17, 15) is 9.18 Å². The molecule has 0 saturated heterocycles. The lowest BCUT2D eigenvalue weighted by atomic mass is 9.73.